The summed E-state index contributed by atoms with van der Waals surface area (Å²) >= 11 is 0. The lowest BCUT2D eigenvalue weighted by Gasteiger charge is -2.46. The number of carbonyl (C=O) groups excluding carboxylic acids is 1. The molecule has 0 bridgehead atoms. The number of hydrogen-bond acceptors (Lipinski definition) is 2. The largest absolute Gasteiger partial charge is 0.380 e. The molecule has 1 heterocycles. The van der Waals surface area contributed by atoms with E-state index in [4.69, 9.17) is 4.74 Å². The van der Waals surface area contributed by atoms with E-state index in [1.165, 1.54) is 57.8 Å². The van der Waals surface area contributed by atoms with Gasteiger partial charge in [0.2, 0.25) is 0 Å². The highest BCUT2D eigenvalue weighted by atomic mass is 16.5. The number of urea groups is 1. The van der Waals surface area contributed by atoms with Crippen LogP contribution in [0.15, 0.2) is 0 Å². The quantitative estimate of drug-likeness (QED) is 0.840. The van der Waals surface area contributed by atoms with E-state index >= 15 is 0 Å². The van der Waals surface area contributed by atoms with Crippen LogP contribution in [-0.4, -0.2) is 30.8 Å². The number of nitrogens with one attached hydrogen (secondary N) is 2. The van der Waals surface area contributed by atoms with Gasteiger partial charge in [0.15, 0.2) is 0 Å². The summed E-state index contributed by atoms with van der Waals surface area (Å²) in [6, 6.07) is 0.460. The number of amides is 2. The van der Waals surface area contributed by atoms with Crippen molar-refractivity contribution >= 4 is 6.03 Å². The Bertz CT molecular complexity index is 413. The van der Waals surface area contributed by atoms with Gasteiger partial charge >= 0.3 is 6.03 Å². The zero-order valence-corrected chi connectivity index (χ0v) is 13.7. The van der Waals surface area contributed by atoms with Crippen molar-refractivity contribution in [1.82, 2.24) is 10.6 Å². The highest BCUT2D eigenvalue weighted by Crippen LogP contribution is 2.48. The number of hydrogen-bond donors (Lipinski definition) is 2. The van der Waals surface area contributed by atoms with Crippen LogP contribution in [0.1, 0.15) is 70.6 Å². The van der Waals surface area contributed by atoms with Crippen molar-refractivity contribution in [1.29, 1.82) is 0 Å². The molecule has 1 spiro atoms. The van der Waals surface area contributed by atoms with Crippen molar-refractivity contribution < 1.29 is 9.53 Å². The normalized spacial score (nSPS) is 30.5. The SMILES string of the molecule is O=C(NC1CCC2(CC1)COC2)NC1(C2CCCCC2)CC1. The molecular weight excluding hydrogens is 276 g/mol. The topological polar surface area (TPSA) is 50.4 Å². The number of carbonyl (C=O) groups is 1. The molecule has 2 N–H and O–H groups in total. The molecule has 0 aromatic heterocycles. The van der Waals surface area contributed by atoms with Crippen LogP contribution in [0.25, 0.3) is 0 Å². The van der Waals surface area contributed by atoms with Crippen LogP contribution < -0.4 is 10.6 Å². The highest BCUT2D eigenvalue weighted by Gasteiger charge is 2.50. The first kappa shape index (κ1) is 14.8. The minimum absolute atomic E-state index is 0.0916. The average Bonchev–Trinajstić information content (AvgIpc) is 3.28. The number of rotatable bonds is 3. The van der Waals surface area contributed by atoms with Crippen molar-refractivity contribution in [3.8, 4) is 0 Å². The Balaban J connectivity index is 1.24. The minimum atomic E-state index is 0.0916. The summed E-state index contributed by atoms with van der Waals surface area (Å²) < 4.78 is 5.37. The minimum Gasteiger partial charge on any atom is -0.380 e. The first-order valence-corrected chi connectivity index (χ1v) is 9.36. The summed E-state index contributed by atoms with van der Waals surface area (Å²) in [4.78, 5) is 12.4. The van der Waals surface area contributed by atoms with Crippen molar-refractivity contribution in [3.05, 3.63) is 0 Å². The maximum atomic E-state index is 12.4. The van der Waals surface area contributed by atoms with Crippen LogP contribution in [0.5, 0.6) is 0 Å². The smallest absolute Gasteiger partial charge is 0.315 e. The fourth-order valence-electron chi connectivity index (χ4n) is 4.93. The van der Waals surface area contributed by atoms with Gasteiger partial charge in [0.25, 0.3) is 0 Å². The van der Waals surface area contributed by atoms with Gasteiger partial charge in [-0.3, -0.25) is 0 Å². The van der Waals surface area contributed by atoms with Gasteiger partial charge in [-0.05, 0) is 57.3 Å². The lowest BCUT2D eigenvalue weighted by molar-refractivity contribution is -0.133. The molecule has 4 aliphatic rings. The Kier molecular flexibility index (Phi) is 3.83. The maximum Gasteiger partial charge on any atom is 0.315 e. The third kappa shape index (κ3) is 2.86. The van der Waals surface area contributed by atoms with E-state index in [2.05, 4.69) is 10.6 Å². The van der Waals surface area contributed by atoms with Crippen LogP contribution >= 0.6 is 0 Å². The summed E-state index contributed by atoms with van der Waals surface area (Å²) in [5.74, 6) is 0.730. The second kappa shape index (κ2) is 5.70. The van der Waals surface area contributed by atoms with Crippen molar-refractivity contribution in [2.75, 3.05) is 13.2 Å². The van der Waals surface area contributed by atoms with Gasteiger partial charge in [-0.2, -0.15) is 0 Å². The lowest BCUT2D eigenvalue weighted by Crippen LogP contribution is -2.53. The van der Waals surface area contributed by atoms with Crippen LogP contribution in [0, 0.1) is 11.3 Å². The van der Waals surface area contributed by atoms with E-state index in [1.807, 2.05) is 0 Å². The zero-order valence-electron chi connectivity index (χ0n) is 13.7. The molecule has 1 aliphatic heterocycles. The predicted molar refractivity (Wildman–Crippen MR) is 85.7 cm³/mol. The van der Waals surface area contributed by atoms with Gasteiger partial charge in [-0.15, -0.1) is 0 Å². The fraction of sp³-hybridized carbons (Fsp3) is 0.944. The third-order valence-electron chi connectivity index (χ3n) is 6.74. The summed E-state index contributed by atoms with van der Waals surface area (Å²) in [5.41, 5.74) is 0.622. The molecule has 2 amide bonds. The molecule has 4 rings (SSSR count). The molecule has 22 heavy (non-hydrogen) atoms. The second-order valence-corrected chi connectivity index (χ2v) is 8.36. The average molecular weight is 306 g/mol. The molecule has 124 valence electrons. The molecule has 0 aromatic rings. The maximum absolute atomic E-state index is 12.4. The van der Waals surface area contributed by atoms with E-state index < -0.39 is 0 Å². The molecule has 0 radical (unpaired) electrons. The van der Waals surface area contributed by atoms with Gasteiger partial charge in [-0.1, -0.05) is 19.3 Å². The Morgan fingerprint density at radius 3 is 2.14 bits per heavy atom. The van der Waals surface area contributed by atoms with E-state index in [1.54, 1.807) is 0 Å². The van der Waals surface area contributed by atoms with Gasteiger partial charge in [0.1, 0.15) is 0 Å². The van der Waals surface area contributed by atoms with E-state index in [-0.39, 0.29) is 11.6 Å². The molecule has 3 aliphatic carbocycles. The molecular formula is C18H30N2O2. The van der Waals surface area contributed by atoms with Crippen LogP contribution in [-0.2, 0) is 4.74 Å². The van der Waals surface area contributed by atoms with E-state index in [0.717, 1.165) is 32.0 Å². The third-order valence-corrected chi connectivity index (χ3v) is 6.74. The molecule has 0 atom stereocenters. The first-order chi connectivity index (χ1) is 10.7. The van der Waals surface area contributed by atoms with E-state index in [9.17, 15) is 4.79 Å². The Morgan fingerprint density at radius 2 is 1.59 bits per heavy atom. The molecule has 0 aromatic carbocycles. The van der Waals surface area contributed by atoms with Crippen molar-refractivity contribution in [3.63, 3.8) is 0 Å². The molecule has 0 unspecified atom stereocenters. The van der Waals surface area contributed by atoms with Gasteiger partial charge < -0.3 is 15.4 Å². The Labute approximate surface area is 133 Å². The van der Waals surface area contributed by atoms with E-state index in [0.29, 0.717) is 11.5 Å². The molecule has 4 heteroatoms. The lowest BCUT2D eigenvalue weighted by atomic mass is 9.71. The van der Waals surface area contributed by atoms with Crippen LogP contribution in [0.3, 0.4) is 0 Å². The molecule has 4 nitrogen and oxygen atoms in total. The molecule has 1 saturated heterocycles. The van der Waals surface area contributed by atoms with Crippen LogP contribution in [0.4, 0.5) is 4.79 Å². The summed E-state index contributed by atoms with van der Waals surface area (Å²) in [7, 11) is 0. The second-order valence-electron chi connectivity index (χ2n) is 8.36. The van der Waals surface area contributed by atoms with Gasteiger partial charge in [-0.25, -0.2) is 4.79 Å². The summed E-state index contributed by atoms with van der Waals surface area (Å²) in [5, 5.41) is 6.61. The first-order valence-electron chi connectivity index (χ1n) is 9.36. The molecule has 3 saturated carbocycles. The fourth-order valence-corrected chi connectivity index (χ4v) is 4.93. The van der Waals surface area contributed by atoms with Crippen molar-refractivity contribution in [2.24, 2.45) is 11.3 Å². The number of ether oxygens (including phenoxy) is 1. The standard InChI is InChI=1S/C18H30N2O2/c21-16(19-15-6-8-17(9-7-15)12-22-13-17)20-18(10-11-18)14-4-2-1-3-5-14/h14-15H,1-13H2,(H2,19,20,21). The van der Waals surface area contributed by atoms with Crippen LogP contribution in [0.2, 0.25) is 0 Å². The summed E-state index contributed by atoms with van der Waals surface area (Å²) in [6.45, 7) is 1.88. The Hall–Kier alpha value is -0.770. The monoisotopic (exact) mass is 306 g/mol. The van der Waals surface area contributed by atoms with Crippen molar-refractivity contribution in [2.45, 2.75) is 82.2 Å². The zero-order chi connectivity index (χ0) is 15.0. The van der Waals surface area contributed by atoms with Gasteiger partial charge in [0.05, 0.1) is 13.2 Å². The molecule has 4 fully saturated rings. The highest BCUT2D eigenvalue weighted by molar-refractivity contribution is 5.75. The Morgan fingerprint density at radius 1 is 0.909 bits per heavy atom. The van der Waals surface area contributed by atoms with Gasteiger partial charge in [0, 0.05) is 17.0 Å². The summed E-state index contributed by atoms with van der Waals surface area (Å²) in [6.07, 6.45) is 13.8. The predicted octanol–water partition coefficient (Wildman–Crippen LogP) is 3.36.